The minimum Gasteiger partial charge on any atom is -0.271 e. The van der Waals surface area contributed by atoms with E-state index in [-0.39, 0.29) is 6.04 Å². The normalized spacial score (nSPS) is 13.2. The third kappa shape index (κ3) is 3.25. The Kier molecular flexibility index (Phi) is 4.23. The van der Waals surface area contributed by atoms with E-state index in [1.807, 2.05) is 37.3 Å². The van der Waals surface area contributed by atoms with Crippen molar-refractivity contribution in [3.63, 3.8) is 0 Å². The summed E-state index contributed by atoms with van der Waals surface area (Å²) in [6.45, 7) is 2.01. The summed E-state index contributed by atoms with van der Waals surface area (Å²) in [4.78, 5) is 0.294. The van der Waals surface area contributed by atoms with Crippen molar-refractivity contribution < 1.29 is 8.42 Å². The number of hydrazine groups is 1. The van der Waals surface area contributed by atoms with Crippen molar-refractivity contribution in [1.29, 1.82) is 0 Å². The summed E-state index contributed by atoms with van der Waals surface area (Å²) in [6, 6.07) is 14.5. The van der Waals surface area contributed by atoms with Crippen LogP contribution in [0.3, 0.4) is 0 Å². The predicted octanol–water partition coefficient (Wildman–Crippen LogP) is 1.95. The van der Waals surface area contributed by atoms with Crippen LogP contribution in [0, 0.1) is 6.92 Å². The quantitative estimate of drug-likeness (QED) is 0.667. The van der Waals surface area contributed by atoms with Crippen LogP contribution >= 0.6 is 0 Å². The van der Waals surface area contributed by atoms with E-state index in [2.05, 4.69) is 5.43 Å². The first-order chi connectivity index (χ1) is 9.41. The van der Waals surface area contributed by atoms with Crippen molar-refractivity contribution in [1.82, 2.24) is 5.43 Å². The molecule has 0 saturated carbocycles. The molecule has 0 bridgehead atoms. The second-order valence-electron chi connectivity index (χ2n) is 4.86. The van der Waals surface area contributed by atoms with E-state index in [9.17, 15) is 8.42 Å². The van der Waals surface area contributed by atoms with Gasteiger partial charge in [-0.1, -0.05) is 42.0 Å². The van der Waals surface area contributed by atoms with E-state index < -0.39 is 9.84 Å². The average molecular weight is 290 g/mol. The fourth-order valence-electron chi connectivity index (χ4n) is 2.07. The molecule has 0 fully saturated rings. The average Bonchev–Trinajstić information content (AvgIpc) is 2.41. The van der Waals surface area contributed by atoms with Gasteiger partial charge in [-0.3, -0.25) is 5.84 Å². The highest BCUT2D eigenvalue weighted by atomic mass is 32.2. The Labute approximate surface area is 119 Å². The molecule has 2 rings (SSSR count). The maximum Gasteiger partial charge on any atom is 0.175 e. The highest BCUT2D eigenvalue weighted by Gasteiger charge is 2.15. The Hall–Kier alpha value is -1.69. The predicted molar refractivity (Wildman–Crippen MR) is 79.9 cm³/mol. The Morgan fingerprint density at radius 1 is 1.05 bits per heavy atom. The van der Waals surface area contributed by atoms with Gasteiger partial charge in [0.1, 0.15) is 0 Å². The lowest BCUT2D eigenvalue weighted by atomic mass is 9.98. The fraction of sp³-hybridized carbons (Fsp3) is 0.200. The molecule has 0 aliphatic rings. The number of hydrogen-bond donors (Lipinski definition) is 2. The first-order valence-corrected chi connectivity index (χ1v) is 8.13. The molecular weight excluding hydrogens is 272 g/mol. The van der Waals surface area contributed by atoms with E-state index in [4.69, 9.17) is 5.84 Å². The molecule has 0 aliphatic heterocycles. The maximum absolute atomic E-state index is 11.6. The number of aryl methyl sites for hydroxylation is 1. The molecule has 0 heterocycles. The largest absolute Gasteiger partial charge is 0.271 e. The zero-order valence-electron chi connectivity index (χ0n) is 11.5. The molecule has 106 valence electrons. The van der Waals surface area contributed by atoms with Gasteiger partial charge in [-0.25, -0.2) is 13.8 Å². The topological polar surface area (TPSA) is 72.2 Å². The molecule has 0 aromatic heterocycles. The standard InChI is InChI=1S/C15H18N2O2S/c1-11-6-8-12(9-7-11)15(17-16)13-4-3-5-14(10-13)20(2,18)19/h3-10,15,17H,16H2,1-2H3. The molecule has 2 aromatic rings. The monoisotopic (exact) mass is 290 g/mol. The summed E-state index contributed by atoms with van der Waals surface area (Å²) < 4.78 is 23.3. The number of nitrogens with two attached hydrogens (primary N) is 1. The first kappa shape index (κ1) is 14.7. The maximum atomic E-state index is 11.6. The van der Waals surface area contributed by atoms with Gasteiger partial charge < -0.3 is 0 Å². The molecule has 0 spiro atoms. The summed E-state index contributed by atoms with van der Waals surface area (Å²) in [5.41, 5.74) is 5.71. The van der Waals surface area contributed by atoms with E-state index >= 15 is 0 Å². The van der Waals surface area contributed by atoms with Crippen LogP contribution in [-0.4, -0.2) is 14.7 Å². The Bertz CT molecular complexity index is 694. The molecule has 5 heteroatoms. The summed E-state index contributed by atoms with van der Waals surface area (Å²) in [5, 5.41) is 0. The second-order valence-corrected chi connectivity index (χ2v) is 6.87. The molecule has 1 atom stereocenters. The molecule has 0 amide bonds. The molecule has 4 nitrogen and oxygen atoms in total. The van der Waals surface area contributed by atoms with Gasteiger partial charge in [0.05, 0.1) is 10.9 Å². The lowest BCUT2D eigenvalue weighted by molar-refractivity contribution is 0.600. The third-order valence-electron chi connectivity index (χ3n) is 3.20. The number of rotatable bonds is 4. The molecule has 0 aliphatic carbocycles. The van der Waals surface area contributed by atoms with Crippen LogP contribution in [0.1, 0.15) is 22.7 Å². The highest BCUT2D eigenvalue weighted by molar-refractivity contribution is 7.90. The molecule has 3 N–H and O–H groups in total. The van der Waals surface area contributed by atoms with Gasteiger partial charge in [-0.05, 0) is 30.2 Å². The Balaban J connectivity index is 2.44. The Morgan fingerprint density at radius 3 is 2.25 bits per heavy atom. The van der Waals surface area contributed by atoms with E-state index in [1.54, 1.807) is 18.2 Å². The smallest absolute Gasteiger partial charge is 0.175 e. The van der Waals surface area contributed by atoms with Crippen LogP contribution in [0.15, 0.2) is 53.4 Å². The van der Waals surface area contributed by atoms with Crippen LogP contribution in [0.5, 0.6) is 0 Å². The van der Waals surface area contributed by atoms with Crippen LogP contribution in [0.2, 0.25) is 0 Å². The summed E-state index contributed by atoms with van der Waals surface area (Å²) in [6.07, 6.45) is 1.20. The van der Waals surface area contributed by atoms with Crippen LogP contribution < -0.4 is 11.3 Å². The van der Waals surface area contributed by atoms with Crippen LogP contribution in [0.4, 0.5) is 0 Å². The zero-order chi connectivity index (χ0) is 14.8. The van der Waals surface area contributed by atoms with Crippen molar-refractivity contribution in [2.24, 2.45) is 5.84 Å². The van der Waals surface area contributed by atoms with E-state index in [0.29, 0.717) is 4.90 Å². The van der Waals surface area contributed by atoms with Crippen molar-refractivity contribution in [2.75, 3.05) is 6.26 Å². The van der Waals surface area contributed by atoms with Crippen molar-refractivity contribution in [2.45, 2.75) is 17.9 Å². The van der Waals surface area contributed by atoms with Gasteiger partial charge in [0.15, 0.2) is 9.84 Å². The van der Waals surface area contributed by atoms with Crippen molar-refractivity contribution in [3.8, 4) is 0 Å². The second kappa shape index (κ2) is 5.75. The number of sulfone groups is 1. The molecule has 0 radical (unpaired) electrons. The Morgan fingerprint density at radius 2 is 1.70 bits per heavy atom. The summed E-state index contributed by atoms with van der Waals surface area (Å²) in [5.74, 6) is 5.63. The third-order valence-corrected chi connectivity index (χ3v) is 4.31. The number of benzene rings is 2. The zero-order valence-corrected chi connectivity index (χ0v) is 12.3. The van der Waals surface area contributed by atoms with Gasteiger partial charge in [-0.15, -0.1) is 0 Å². The number of nitrogens with one attached hydrogen (secondary N) is 1. The summed E-state index contributed by atoms with van der Waals surface area (Å²) >= 11 is 0. The minimum absolute atomic E-state index is 0.239. The SMILES string of the molecule is Cc1ccc(C(NN)c2cccc(S(C)(=O)=O)c2)cc1. The van der Waals surface area contributed by atoms with E-state index in [1.165, 1.54) is 6.26 Å². The van der Waals surface area contributed by atoms with Crippen molar-refractivity contribution >= 4 is 9.84 Å². The van der Waals surface area contributed by atoms with Crippen molar-refractivity contribution in [3.05, 3.63) is 65.2 Å². The summed E-state index contributed by atoms with van der Waals surface area (Å²) in [7, 11) is -3.22. The van der Waals surface area contributed by atoms with Gasteiger partial charge in [0.2, 0.25) is 0 Å². The molecular formula is C15H18N2O2S. The van der Waals surface area contributed by atoms with Gasteiger partial charge in [0, 0.05) is 6.26 Å². The van der Waals surface area contributed by atoms with Gasteiger partial charge in [0.25, 0.3) is 0 Å². The fourth-order valence-corrected chi connectivity index (χ4v) is 2.74. The van der Waals surface area contributed by atoms with Gasteiger partial charge >= 0.3 is 0 Å². The van der Waals surface area contributed by atoms with E-state index in [0.717, 1.165) is 16.7 Å². The van der Waals surface area contributed by atoms with Crippen LogP contribution in [-0.2, 0) is 9.84 Å². The lowest BCUT2D eigenvalue weighted by Crippen LogP contribution is -2.28. The molecule has 1 unspecified atom stereocenters. The van der Waals surface area contributed by atoms with Crippen LogP contribution in [0.25, 0.3) is 0 Å². The highest BCUT2D eigenvalue weighted by Crippen LogP contribution is 2.23. The molecule has 2 aromatic carbocycles. The lowest BCUT2D eigenvalue weighted by Gasteiger charge is -2.17. The number of hydrogen-bond acceptors (Lipinski definition) is 4. The first-order valence-electron chi connectivity index (χ1n) is 6.24. The molecule has 20 heavy (non-hydrogen) atoms. The minimum atomic E-state index is -3.22. The molecule has 0 saturated heterocycles. The van der Waals surface area contributed by atoms with Gasteiger partial charge in [-0.2, -0.15) is 0 Å².